The second-order valence-corrected chi connectivity index (χ2v) is 1.91. The summed E-state index contributed by atoms with van der Waals surface area (Å²) in [6.07, 6.45) is 2.57. The van der Waals surface area contributed by atoms with Crippen molar-refractivity contribution in [1.82, 2.24) is 0 Å². The molecule has 0 radical (unpaired) electrons. The van der Waals surface area contributed by atoms with Gasteiger partial charge in [-0.05, 0) is 13.3 Å². The molecule has 0 bridgehead atoms. The summed E-state index contributed by atoms with van der Waals surface area (Å²) < 4.78 is 4.70. The molecule has 0 aliphatic carbocycles. The van der Waals surface area contributed by atoms with Gasteiger partial charge in [-0.3, -0.25) is 9.50 Å². The Bertz CT molecular complexity index is 83.7. The first kappa shape index (κ1) is 12.1. The van der Waals surface area contributed by atoms with Crippen LogP contribution in [0.3, 0.4) is 0 Å². The molecule has 0 spiro atoms. The first-order valence-electron chi connectivity index (χ1n) is 3.46. The lowest BCUT2D eigenvalue weighted by molar-refractivity contribution is -0.143. The van der Waals surface area contributed by atoms with E-state index in [0.717, 1.165) is 12.8 Å². The Labute approximate surface area is 60.9 Å². The van der Waals surface area contributed by atoms with Crippen molar-refractivity contribution in [1.29, 1.82) is 0 Å². The molecule has 0 N–H and O–H groups in total. The van der Waals surface area contributed by atoms with Crippen LogP contribution in [0.1, 0.15) is 33.1 Å². The Morgan fingerprint density at radius 2 is 2.00 bits per heavy atom. The summed E-state index contributed by atoms with van der Waals surface area (Å²) in [5.41, 5.74) is 0. The SMILES string of the molecule is CCCCC(=O)OCC.F. The molecule has 0 aliphatic rings. The second kappa shape index (κ2) is 8.40. The third kappa shape index (κ3) is 7.40. The van der Waals surface area contributed by atoms with Gasteiger partial charge in [0, 0.05) is 6.42 Å². The second-order valence-electron chi connectivity index (χ2n) is 1.91. The zero-order valence-corrected chi connectivity index (χ0v) is 6.55. The van der Waals surface area contributed by atoms with E-state index in [1.807, 2.05) is 6.92 Å². The molecule has 10 heavy (non-hydrogen) atoms. The van der Waals surface area contributed by atoms with Gasteiger partial charge in [-0.15, -0.1) is 0 Å². The molecular formula is C7H15FO2. The van der Waals surface area contributed by atoms with Crippen molar-refractivity contribution in [3.8, 4) is 0 Å². The van der Waals surface area contributed by atoms with Gasteiger partial charge in [-0.1, -0.05) is 13.3 Å². The highest BCUT2D eigenvalue weighted by atomic mass is 19.0. The van der Waals surface area contributed by atoms with Crippen molar-refractivity contribution in [3.63, 3.8) is 0 Å². The molecule has 0 aromatic carbocycles. The minimum absolute atomic E-state index is 0. The molecule has 0 saturated carbocycles. The van der Waals surface area contributed by atoms with Crippen molar-refractivity contribution in [2.45, 2.75) is 33.1 Å². The Hall–Kier alpha value is -0.600. The molecule has 0 heterocycles. The number of hydrogen-bond donors (Lipinski definition) is 0. The quantitative estimate of drug-likeness (QED) is 0.572. The van der Waals surface area contributed by atoms with Crippen LogP contribution in [0, 0.1) is 0 Å². The van der Waals surface area contributed by atoms with Crippen LogP contribution in [-0.4, -0.2) is 12.6 Å². The van der Waals surface area contributed by atoms with Crippen molar-refractivity contribution < 1.29 is 14.2 Å². The Balaban J connectivity index is 0. The summed E-state index contributed by atoms with van der Waals surface area (Å²) in [5.74, 6) is -0.0700. The number of carbonyl (C=O) groups excluding carboxylic acids is 1. The van der Waals surface area contributed by atoms with E-state index in [9.17, 15) is 4.79 Å². The monoisotopic (exact) mass is 150 g/mol. The fourth-order valence-corrected chi connectivity index (χ4v) is 0.554. The van der Waals surface area contributed by atoms with Crippen LogP contribution in [0.4, 0.5) is 4.70 Å². The maximum Gasteiger partial charge on any atom is 0.305 e. The molecule has 2 nitrogen and oxygen atoms in total. The van der Waals surface area contributed by atoms with Gasteiger partial charge in [0.2, 0.25) is 0 Å². The van der Waals surface area contributed by atoms with Crippen LogP contribution in [0.25, 0.3) is 0 Å². The van der Waals surface area contributed by atoms with Crippen molar-refractivity contribution in [2.75, 3.05) is 6.61 Å². The van der Waals surface area contributed by atoms with Gasteiger partial charge in [0.05, 0.1) is 6.61 Å². The van der Waals surface area contributed by atoms with E-state index >= 15 is 0 Å². The van der Waals surface area contributed by atoms with Crippen LogP contribution >= 0.6 is 0 Å². The van der Waals surface area contributed by atoms with E-state index in [1.54, 1.807) is 0 Å². The van der Waals surface area contributed by atoms with Crippen molar-refractivity contribution >= 4 is 5.97 Å². The highest BCUT2D eigenvalue weighted by Crippen LogP contribution is 1.95. The fourth-order valence-electron chi connectivity index (χ4n) is 0.554. The molecule has 0 aromatic heterocycles. The van der Waals surface area contributed by atoms with Gasteiger partial charge in [0.15, 0.2) is 0 Å². The lowest BCUT2D eigenvalue weighted by atomic mass is 10.3. The number of unbranched alkanes of at least 4 members (excludes halogenated alkanes) is 1. The minimum atomic E-state index is -0.0700. The summed E-state index contributed by atoms with van der Waals surface area (Å²) in [4.78, 5) is 10.6. The van der Waals surface area contributed by atoms with Crippen LogP contribution < -0.4 is 0 Å². The lowest BCUT2D eigenvalue weighted by Gasteiger charge is -1.97. The summed E-state index contributed by atoms with van der Waals surface area (Å²) in [6.45, 7) is 4.38. The maximum absolute atomic E-state index is 10.6. The average molecular weight is 150 g/mol. The molecule has 0 unspecified atom stereocenters. The van der Waals surface area contributed by atoms with E-state index in [0.29, 0.717) is 13.0 Å². The van der Waals surface area contributed by atoms with E-state index in [-0.39, 0.29) is 10.7 Å². The maximum atomic E-state index is 10.6. The topological polar surface area (TPSA) is 26.3 Å². The highest BCUT2D eigenvalue weighted by molar-refractivity contribution is 5.69. The van der Waals surface area contributed by atoms with Gasteiger partial charge in [0.25, 0.3) is 0 Å². The van der Waals surface area contributed by atoms with Crippen molar-refractivity contribution in [3.05, 3.63) is 0 Å². The molecule has 0 amide bonds. The zero-order chi connectivity index (χ0) is 7.11. The smallest absolute Gasteiger partial charge is 0.305 e. The third-order valence-corrected chi connectivity index (χ3v) is 1.04. The third-order valence-electron chi connectivity index (χ3n) is 1.04. The first-order valence-corrected chi connectivity index (χ1v) is 3.46. The number of ether oxygens (including phenoxy) is 1. The van der Waals surface area contributed by atoms with Gasteiger partial charge in [0.1, 0.15) is 0 Å². The molecule has 0 aromatic rings. The standard InChI is InChI=1S/C7H14O2.FH/c1-3-5-6-7(8)9-4-2;/h3-6H2,1-2H3;1H. The lowest BCUT2D eigenvalue weighted by Crippen LogP contribution is -2.02. The Morgan fingerprint density at radius 3 is 2.40 bits per heavy atom. The summed E-state index contributed by atoms with van der Waals surface area (Å²) in [5, 5.41) is 0. The molecule has 62 valence electrons. The van der Waals surface area contributed by atoms with Gasteiger partial charge in [-0.25, -0.2) is 0 Å². The highest BCUT2D eigenvalue weighted by Gasteiger charge is 1.97. The number of carbonyl (C=O) groups is 1. The Kier molecular flexibility index (Phi) is 10.2. The molecule has 0 saturated heterocycles. The Morgan fingerprint density at radius 1 is 1.40 bits per heavy atom. The number of halogens is 1. The minimum Gasteiger partial charge on any atom is -0.466 e. The molecule has 0 rings (SSSR count). The average Bonchev–Trinajstić information content (AvgIpc) is 1.85. The number of rotatable bonds is 4. The molecule has 0 atom stereocenters. The number of hydrogen-bond acceptors (Lipinski definition) is 2. The largest absolute Gasteiger partial charge is 0.466 e. The molecule has 3 heteroatoms. The summed E-state index contributed by atoms with van der Waals surface area (Å²) in [7, 11) is 0. The van der Waals surface area contributed by atoms with Crippen LogP contribution in [-0.2, 0) is 9.53 Å². The summed E-state index contributed by atoms with van der Waals surface area (Å²) >= 11 is 0. The molecule has 0 fully saturated rings. The van der Waals surface area contributed by atoms with E-state index < -0.39 is 0 Å². The first-order chi connectivity index (χ1) is 4.31. The van der Waals surface area contributed by atoms with Gasteiger partial charge >= 0.3 is 5.97 Å². The van der Waals surface area contributed by atoms with Crippen LogP contribution in [0.15, 0.2) is 0 Å². The zero-order valence-electron chi connectivity index (χ0n) is 6.55. The van der Waals surface area contributed by atoms with E-state index in [4.69, 9.17) is 4.74 Å². The van der Waals surface area contributed by atoms with E-state index in [2.05, 4.69) is 6.92 Å². The predicted molar refractivity (Wildman–Crippen MR) is 38.7 cm³/mol. The normalized spacial score (nSPS) is 8.20. The fraction of sp³-hybridized carbons (Fsp3) is 0.857. The van der Waals surface area contributed by atoms with Crippen LogP contribution in [0.2, 0.25) is 0 Å². The van der Waals surface area contributed by atoms with Crippen molar-refractivity contribution in [2.24, 2.45) is 0 Å². The predicted octanol–water partition coefficient (Wildman–Crippen LogP) is 1.89. The molecular weight excluding hydrogens is 135 g/mol. The molecule has 0 aliphatic heterocycles. The number of esters is 1. The van der Waals surface area contributed by atoms with Gasteiger partial charge < -0.3 is 4.74 Å². The summed E-state index contributed by atoms with van der Waals surface area (Å²) in [6, 6.07) is 0. The van der Waals surface area contributed by atoms with E-state index in [1.165, 1.54) is 0 Å². The van der Waals surface area contributed by atoms with Crippen LogP contribution in [0.5, 0.6) is 0 Å². The van der Waals surface area contributed by atoms with Gasteiger partial charge in [-0.2, -0.15) is 0 Å².